The van der Waals surface area contributed by atoms with Gasteiger partial charge in [0.25, 0.3) is 0 Å². The van der Waals surface area contributed by atoms with Crippen LogP contribution < -0.4 is 5.32 Å². The summed E-state index contributed by atoms with van der Waals surface area (Å²) in [7, 11) is 0. The second kappa shape index (κ2) is 10.3. The summed E-state index contributed by atoms with van der Waals surface area (Å²) in [6, 6.07) is 8.09. The van der Waals surface area contributed by atoms with Crippen LogP contribution in [0.2, 0.25) is 0 Å². The minimum Gasteiger partial charge on any atom is -0.352 e. The van der Waals surface area contributed by atoms with Crippen molar-refractivity contribution in [3.63, 3.8) is 0 Å². The van der Waals surface area contributed by atoms with Crippen molar-refractivity contribution in [3.8, 4) is 0 Å². The third-order valence-corrected chi connectivity index (χ3v) is 7.75. The summed E-state index contributed by atoms with van der Waals surface area (Å²) in [5.74, 6) is -0.289. The summed E-state index contributed by atoms with van der Waals surface area (Å²) in [6.07, 6.45) is -6.10. The monoisotopic (exact) mass is 530 g/mol. The van der Waals surface area contributed by atoms with Crippen LogP contribution in [0.5, 0.6) is 0 Å². The summed E-state index contributed by atoms with van der Waals surface area (Å²) >= 11 is 0. The number of piperidine rings is 1. The lowest BCUT2D eigenvalue weighted by atomic mass is 9.86. The van der Waals surface area contributed by atoms with E-state index >= 15 is 0 Å². The molecule has 4 rings (SSSR count). The van der Waals surface area contributed by atoms with E-state index < -0.39 is 35.4 Å². The fraction of sp³-hybridized carbons (Fsp3) is 0.519. The second-order valence-electron chi connectivity index (χ2n) is 10.4. The molecule has 1 saturated heterocycles. The first kappa shape index (κ1) is 27.4. The summed E-state index contributed by atoms with van der Waals surface area (Å²) < 4.78 is 92.0. The first-order valence-electron chi connectivity index (χ1n) is 12.3. The van der Waals surface area contributed by atoms with E-state index in [4.69, 9.17) is 0 Å². The lowest BCUT2D eigenvalue weighted by Crippen LogP contribution is -2.42. The molecule has 1 amide bonds. The Balaban J connectivity index is 1.35. The fourth-order valence-electron chi connectivity index (χ4n) is 5.58. The standard InChI is InChI=1S/C27H29F7N2O/c1-25(24(37)35-16-17-12-20(26(29,30)31)14-21(13-17)27(32,33)34)9-6-23(15-25)36-10-7-19(8-11-36)18-2-4-22(28)5-3-18/h2-5,12-14,19,23H,6-11,15-16H2,1H3,(H,35,37)/t23-,25+/m1/s1. The number of nitrogens with zero attached hydrogens (tertiary/aromatic N) is 1. The van der Waals surface area contributed by atoms with Gasteiger partial charge in [-0.25, -0.2) is 4.39 Å². The van der Waals surface area contributed by atoms with E-state index in [9.17, 15) is 35.5 Å². The third kappa shape index (κ3) is 6.45. The van der Waals surface area contributed by atoms with Gasteiger partial charge in [0.1, 0.15) is 5.82 Å². The molecule has 1 aliphatic carbocycles. The first-order chi connectivity index (χ1) is 17.2. The molecular formula is C27H29F7N2O. The number of nitrogens with one attached hydrogen (secondary N) is 1. The number of amides is 1. The van der Waals surface area contributed by atoms with Gasteiger partial charge in [0, 0.05) is 18.0 Å². The highest BCUT2D eigenvalue weighted by Gasteiger charge is 2.44. The molecule has 0 spiro atoms. The topological polar surface area (TPSA) is 32.3 Å². The predicted octanol–water partition coefficient (Wildman–Crippen LogP) is 6.92. The van der Waals surface area contributed by atoms with Crippen molar-refractivity contribution in [1.29, 1.82) is 0 Å². The van der Waals surface area contributed by atoms with E-state index in [0.29, 0.717) is 30.9 Å². The van der Waals surface area contributed by atoms with Gasteiger partial charge in [-0.3, -0.25) is 4.79 Å². The maximum absolute atomic E-state index is 13.2. The normalized spacial score (nSPS) is 23.8. The predicted molar refractivity (Wildman–Crippen MR) is 124 cm³/mol. The van der Waals surface area contributed by atoms with Crippen molar-refractivity contribution in [2.75, 3.05) is 13.1 Å². The SMILES string of the molecule is C[C@]1(C(=O)NCc2cc(C(F)(F)F)cc(C(F)(F)F)c2)CC[C@@H](N2CCC(c3ccc(F)cc3)CC2)C1. The van der Waals surface area contributed by atoms with Crippen LogP contribution in [0.4, 0.5) is 30.7 Å². The molecule has 2 atom stereocenters. The fourth-order valence-corrected chi connectivity index (χ4v) is 5.58. The number of hydrogen-bond acceptors (Lipinski definition) is 2. The van der Waals surface area contributed by atoms with Gasteiger partial charge in [0.2, 0.25) is 5.91 Å². The summed E-state index contributed by atoms with van der Waals surface area (Å²) in [4.78, 5) is 15.3. The average molecular weight is 531 g/mol. The molecule has 2 aromatic carbocycles. The first-order valence-corrected chi connectivity index (χ1v) is 12.3. The second-order valence-corrected chi connectivity index (χ2v) is 10.4. The number of carbonyl (C=O) groups excluding carboxylic acids is 1. The van der Waals surface area contributed by atoms with Crippen LogP contribution in [-0.2, 0) is 23.7 Å². The molecule has 0 bridgehead atoms. The Morgan fingerprint density at radius 2 is 1.51 bits per heavy atom. The van der Waals surface area contributed by atoms with Gasteiger partial charge >= 0.3 is 12.4 Å². The van der Waals surface area contributed by atoms with E-state index in [1.807, 2.05) is 12.1 Å². The molecule has 2 aliphatic rings. The van der Waals surface area contributed by atoms with E-state index in [1.54, 1.807) is 6.92 Å². The number of likely N-dealkylation sites (tertiary alicyclic amines) is 1. The molecule has 2 aromatic rings. The van der Waals surface area contributed by atoms with Crippen LogP contribution >= 0.6 is 0 Å². The van der Waals surface area contributed by atoms with Crippen molar-refractivity contribution in [2.24, 2.45) is 5.41 Å². The Labute approximate surface area is 211 Å². The van der Waals surface area contributed by atoms with Crippen LogP contribution in [0, 0.1) is 11.2 Å². The minimum atomic E-state index is -4.94. The highest BCUT2D eigenvalue weighted by atomic mass is 19.4. The van der Waals surface area contributed by atoms with Crippen molar-refractivity contribution >= 4 is 5.91 Å². The molecule has 1 N–H and O–H groups in total. The number of benzene rings is 2. The Kier molecular flexibility index (Phi) is 7.61. The number of rotatable bonds is 5. The zero-order chi connectivity index (χ0) is 27.0. The lowest BCUT2D eigenvalue weighted by Gasteiger charge is -2.37. The number of halogens is 7. The molecule has 1 heterocycles. The summed E-state index contributed by atoms with van der Waals surface area (Å²) in [5, 5.41) is 2.57. The zero-order valence-electron chi connectivity index (χ0n) is 20.4. The van der Waals surface area contributed by atoms with Crippen molar-refractivity contribution in [1.82, 2.24) is 10.2 Å². The Morgan fingerprint density at radius 1 is 0.946 bits per heavy atom. The van der Waals surface area contributed by atoms with E-state index in [2.05, 4.69) is 10.2 Å². The van der Waals surface area contributed by atoms with Crippen LogP contribution in [0.3, 0.4) is 0 Å². The molecule has 1 aliphatic heterocycles. The number of hydrogen-bond donors (Lipinski definition) is 1. The van der Waals surface area contributed by atoms with Crippen LogP contribution in [0.15, 0.2) is 42.5 Å². The highest BCUT2D eigenvalue weighted by molar-refractivity contribution is 5.82. The Morgan fingerprint density at radius 3 is 2.05 bits per heavy atom. The zero-order valence-corrected chi connectivity index (χ0v) is 20.4. The molecular weight excluding hydrogens is 501 g/mol. The quantitative estimate of drug-likeness (QED) is 0.426. The summed E-state index contributed by atoms with van der Waals surface area (Å²) in [6.45, 7) is 3.06. The van der Waals surface area contributed by atoms with Crippen LogP contribution in [0.1, 0.15) is 67.2 Å². The van der Waals surface area contributed by atoms with Crippen molar-refractivity contribution < 1.29 is 35.5 Å². The van der Waals surface area contributed by atoms with Crippen molar-refractivity contribution in [2.45, 2.75) is 69.9 Å². The van der Waals surface area contributed by atoms with E-state index in [0.717, 1.165) is 37.9 Å². The van der Waals surface area contributed by atoms with Gasteiger partial charge in [-0.05, 0) is 92.6 Å². The van der Waals surface area contributed by atoms with Gasteiger partial charge in [-0.1, -0.05) is 19.1 Å². The third-order valence-electron chi connectivity index (χ3n) is 7.75. The molecule has 10 heteroatoms. The smallest absolute Gasteiger partial charge is 0.352 e. The minimum absolute atomic E-state index is 0.0768. The van der Waals surface area contributed by atoms with Gasteiger partial charge in [0.15, 0.2) is 0 Å². The number of alkyl halides is 6. The molecule has 202 valence electrons. The number of carbonyl (C=O) groups is 1. The maximum Gasteiger partial charge on any atom is 0.416 e. The molecule has 0 aromatic heterocycles. The van der Waals surface area contributed by atoms with Gasteiger partial charge in [0.05, 0.1) is 11.1 Å². The Hall–Kier alpha value is -2.62. The molecule has 37 heavy (non-hydrogen) atoms. The van der Waals surface area contributed by atoms with Gasteiger partial charge < -0.3 is 10.2 Å². The Bertz CT molecular complexity index is 1070. The molecule has 0 unspecified atom stereocenters. The molecule has 3 nitrogen and oxygen atoms in total. The van der Waals surface area contributed by atoms with Crippen LogP contribution in [-0.4, -0.2) is 29.9 Å². The largest absolute Gasteiger partial charge is 0.416 e. The molecule has 1 saturated carbocycles. The van der Waals surface area contributed by atoms with E-state index in [1.165, 1.54) is 12.1 Å². The van der Waals surface area contributed by atoms with Crippen LogP contribution in [0.25, 0.3) is 0 Å². The van der Waals surface area contributed by atoms with Crippen molar-refractivity contribution in [3.05, 3.63) is 70.5 Å². The molecule has 0 radical (unpaired) electrons. The van der Waals surface area contributed by atoms with Gasteiger partial charge in [-0.15, -0.1) is 0 Å². The van der Waals surface area contributed by atoms with Gasteiger partial charge in [-0.2, -0.15) is 26.3 Å². The summed E-state index contributed by atoms with van der Waals surface area (Å²) in [5.41, 5.74) is -2.70. The average Bonchev–Trinajstić information content (AvgIpc) is 3.25. The highest BCUT2D eigenvalue weighted by Crippen LogP contribution is 2.42. The molecule has 2 fully saturated rings. The maximum atomic E-state index is 13.2. The van der Waals surface area contributed by atoms with E-state index in [-0.39, 0.29) is 29.4 Å². The lowest BCUT2D eigenvalue weighted by molar-refractivity contribution is -0.143.